The molecule has 4 amide bonds. The molecule has 4 rings (SSSR count). The van der Waals surface area contributed by atoms with E-state index in [1.165, 1.54) is 0 Å². The maximum atomic E-state index is 13.9. The van der Waals surface area contributed by atoms with Crippen LogP contribution in [0.1, 0.15) is 37.5 Å². The van der Waals surface area contributed by atoms with E-state index in [2.05, 4.69) is 5.32 Å². The van der Waals surface area contributed by atoms with Crippen molar-refractivity contribution in [3.05, 3.63) is 108 Å². The number of carbonyl (C=O) groups excluding carboxylic acids is 3. The summed E-state index contributed by atoms with van der Waals surface area (Å²) >= 11 is 0. The van der Waals surface area contributed by atoms with E-state index >= 15 is 0 Å². The molecular formula is C29H31N3O3. The Labute approximate surface area is 206 Å². The van der Waals surface area contributed by atoms with Gasteiger partial charge in [0.25, 0.3) is 5.91 Å². The molecule has 0 bridgehead atoms. The smallest absolute Gasteiger partial charge is 0.325 e. The molecule has 35 heavy (non-hydrogen) atoms. The van der Waals surface area contributed by atoms with Crippen LogP contribution in [0.4, 0.5) is 4.79 Å². The van der Waals surface area contributed by atoms with Crippen LogP contribution < -0.4 is 5.32 Å². The average Bonchev–Trinajstić information content (AvgIpc) is 3.08. The van der Waals surface area contributed by atoms with Crippen LogP contribution >= 0.6 is 0 Å². The Hall–Kier alpha value is -3.93. The first-order valence-electron chi connectivity index (χ1n) is 11.8. The molecule has 1 atom stereocenters. The first-order chi connectivity index (χ1) is 16.7. The minimum Gasteiger partial charge on any atom is -0.332 e. The fraction of sp³-hybridized carbons (Fsp3) is 0.276. The second-order valence-electron chi connectivity index (χ2n) is 9.89. The number of benzene rings is 3. The van der Waals surface area contributed by atoms with Crippen LogP contribution in [0.3, 0.4) is 0 Å². The second kappa shape index (κ2) is 9.74. The number of rotatable bonds is 7. The molecule has 3 aromatic rings. The summed E-state index contributed by atoms with van der Waals surface area (Å²) in [5.74, 6) is -0.701. The van der Waals surface area contributed by atoms with Gasteiger partial charge in [-0.1, -0.05) is 91.0 Å². The molecule has 0 unspecified atom stereocenters. The Morgan fingerprint density at radius 2 is 1.34 bits per heavy atom. The van der Waals surface area contributed by atoms with Crippen molar-refractivity contribution >= 4 is 17.8 Å². The summed E-state index contributed by atoms with van der Waals surface area (Å²) in [5, 5.41) is 2.93. The summed E-state index contributed by atoms with van der Waals surface area (Å²) in [7, 11) is 0. The van der Waals surface area contributed by atoms with Crippen LogP contribution in [0.5, 0.6) is 0 Å². The topological polar surface area (TPSA) is 69.7 Å². The lowest BCUT2D eigenvalue weighted by molar-refractivity contribution is -0.142. The minimum atomic E-state index is -1.27. The van der Waals surface area contributed by atoms with Crippen molar-refractivity contribution in [3.8, 4) is 0 Å². The molecule has 1 heterocycles. The van der Waals surface area contributed by atoms with Crippen molar-refractivity contribution in [2.24, 2.45) is 0 Å². The summed E-state index contributed by atoms with van der Waals surface area (Å²) < 4.78 is 0. The molecule has 6 nitrogen and oxygen atoms in total. The van der Waals surface area contributed by atoms with E-state index in [1.54, 1.807) is 4.90 Å². The summed E-state index contributed by atoms with van der Waals surface area (Å²) in [6, 6.07) is 27.9. The zero-order chi connectivity index (χ0) is 25.1. The lowest BCUT2D eigenvalue weighted by Crippen LogP contribution is -2.51. The van der Waals surface area contributed by atoms with Crippen molar-refractivity contribution in [2.75, 3.05) is 6.54 Å². The quantitative estimate of drug-likeness (QED) is 0.518. The van der Waals surface area contributed by atoms with Gasteiger partial charge in [-0.3, -0.25) is 14.5 Å². The highest BCUT2D eigenvalue weighted by Crippen LogP contribution is 2.33. The third kappa shape index (κ3) is 5.11. The van der Waals surface area contributed by atoms with Crippen LogP contribution in [0.2, 0.25) is 0 Å². The number of amides is 4. The summed E-state index contributed by atoms with van der Waals surface area (Å²) in [6.45, 7) is 5.91. The summed E-state index contributed by atoms with van der Waals surface area (Å²) in [5.41, 5.74) is 0.821. The fourth-order valence-electron chi connectivity index (χ4n) is 4.50. The predicted octanol–water partition coefficient (Wildman–Crippen LogP) is 4.50. The first kappa shape index (κ1) is 24.2. The zero-order valence-corrected chi connectivity index (χ0v) is 20.4. The lowest BCUT2D eigenvalue weighted by Gasteiger charge is -2.36. The number of nitrogens with zero attached hydrogens (tertiary/aromatic N) is 2. The van der Waals surface area contributed by atoms with E-state index in [-0.39, 0.29) is 12.5 Å². The molecule has 0 saturated carbocycles. The van der Waals surface area contributed by atoms with Gasteiger partial charge in [0.15, 0.2) is 5.54 Å². The molecular weight excluding hydrogens is 438 g/mol. The Morgan fingerprint density at radius 1 is 0.829 bits per heavy atom. The van der Waals surface area contributed by atoms with E-state index in [0.29, 0.717) is 18.5 Å². The zero-order valence-electron chi connectivity index (χ0n) is 20.4. The number of urea groups is 1. The van der Waals surface area contributed by atoms with Crippen LogP contribution in [0.25, 0.3) is 0 Å². The van der Waals surface area contributed by atoms with Crippen LogP contribution in [-0.4, -0.2) is 39.7 Å². The van der Waals surface area contributed by atoms with Gasteiger partial charge in [0.2, 0.25) is 5.91 Å². The summed E-state index contributed by atoms with van der Waals surface area (Å²) in [4.78, 5) is 43.3. The minimum absolute atomic E-state index is 0.284. The van der Waals surface area contributed by atoms with Gasteiger partial charge in [0.1, 0.15) is 6.54 Å². The maximum absolute atomic E-state index is 13.9. The highest BCUT2D eigenvalue weighted by Gasteiger charge is 2.53. The molecule has 0 aromatic heterocycles. The third-order valence-electron chi connectivity index (χ3n) is 6.34. The van der Waals surface area contributed by atoms with Gasteiger partial charge in [-0.2, -0.15) is 0 Å². The predicted molar refractivity (Wildman–Crippen MR) is 135 cm³/mol. The van der Waals surface area contributed by atoms with E-state index in [9.17, 15) is 14.4 Å². The molecule has 1 saturated heterocycles. The number of carbonyl (C=O) groups is 3. The highest BCUT2D eigenvalue weighted by atomic mass is 16.2. The molecule has 3 aromatic carbocycles. The van der Waals surface area contributed by atoms with Gasteiger partial charge in [0.05, 0.1) is 0 Å². The van der Waals surface area contributed by atoms with E-state index in [4.69, 9.17) is 0 Å². The molecule has 1 aliphatic heterocycles. The van der Waals surface area contributed by atoms with Gasteiger partial charge >= 0.3 is 6.03 Å². The van der Waals surface area contributed by atoms with Crippen molar-refractivity contribution in [1.82, 2.24) is 15.1 Å². The SMILES string of the molecule is CC(C)(C)N(Cc1ccccc1)C(=O)CN1C(=O)N[C@@](Cc2ccccc2)(c2ccccc2)C1=O. The molecule has 1 fully saturated rings. The third-order valence-corrected chi connectivity index (χ3v) is 6.34. The largest absolute Gasteiger partial charge is 0.332 e. The van der Waals surface area contributed by atoms with Gasteiger partial charge < -0.3 is 10.2 Å². The monoisotopic (exact) mass is 469 g/mol. The van der Waals surface area contributed by atoms with Gasteiger partial charge in [-0.05, 0) is 37.5 Å². The van der Waals surface area contributed by atoms with Crippen LogP contribution in [0, 0.1) is 0 Å². The Balaban J connectivity index is 1.63. The lowest BCUT2D eigenvalue weighted by atomic mass is 9.83. The Bertz CT molecular complexity index is 1190. The maximum Gasteiger partial charge on any atom is 0.325 e. The molecule has 1 aliphatic rings. The molecule has 0 aliphatic carbocycles. The van der Waals surface area contributed by atoms with Gasteiger partial charge in [-0.15, -0.1) is 0 Å². The van der Waals surface area contributed by atoms with E-state index in [1.807, 2.05) is 112 Å². The molecule has 0 spiro atoms. The van der Waals surface area contributed by atoms with Gasteiger partial charge in [0, 0.05) is 18.5 Å². The first-order valence-corrected chi connectivity index (χ1v) is 11.8. The van der Waals surface area contributed by atoms with Crippen molar-refractivity contribution in [1.29, 1.82) is 0 Å². The molecule has 0 radical (unpaired) electrons. The number of nitrogens with one attached hydrogen (secondary N) is 1. The number of hydrogen-bond acceptors (Lipinski definition) is 3. The van der Waals surface area contributed by atoms with Crippen molar-refractivity contribution in [2.45, 2.75) is 44.8 Å². The van der Waals surface area contributed by atoms with Crippen LogP contribution in [0.15, 0.2) is 91.0 Å². The fourth-order valence-corrected chi connectivity index (χ4v) is 4.50. The molecule has 6 heteroatoms. The van der Waals surface area contributed by atoms with E-state index < -0.39 is 23.0 Å². The normalized spacial score (nSPS) is 17.9. The van der Waals surface area contributed by atoms with Gasteiger partial charge in [-0.25, -0.2) is 4.79 Å². The molecule has 1 N–H and O–H groups in total. The Kier molecular flexibility index (Phi) is 6.74. The standard InChI is InChI=1S/C29H31N3O3/c1-28(2,3)32(20-23-15-9-5-10-16-23)25(33)21-31-26(34)29(30-27(31)35,24-17-11-6-12-18-24)19-22-13-7-4-8-14-22/h4-18H,19-21H2,1-3H3,(H,30,35)/t29-/m0/s1. The summed E-state index contributed by atoms with van der Waals surface area (Å²) in [6.07, 6.45) is 0.292. The molecule has 180 valence electrons. The second-order valence-corrected chi connectivity index (χ2v) is 9.89. The number of hydrogen-bond donors (Lipinski definition) is 1. The Morgan fingerprint density at radius 3 is 1.89 bits per heavy atom. The van der Waals surface area contributed by atoms with Crippen LogP contribution in [-0.2, 0) is 28.1 Å². The number of imide groups is 1. The van der Waals surface area contributed by atoms with Crippen molar-refractivity contribution in [3.63, 3.8) is 0 Å². The van der Waals surface area contributed by atoms with Crippen molar-refractivity contribution < 1.29 is 14.4 Å². The van der Waals surface area contributed by atoms with E-state index in [0.717, 1.165) is 16.0 Å². The average molecular weight is 470 g/mol. The highest BCUT2D eigenvalue weighted by molar-refractivity contribution is 6.09.